The van der Waals surface area contributed by atoms with Crippen molar-refractivity contribution in [2.45, 2.75) is 10.1 Å². The van der Waals surface area contributed by atoms with Crippen LogP contribution in [0.5, 0.6) is 0 Å². The van der Waals surface area contributed by atoms with E-state index in [4.69, 9.17) is 11.6 Å². The topological polar surface area (TPSA) is 87.3 Å². The van der Waals surface area contributed by atoms with Gasteiger partial charge in [0.1, 0.15) is 16.8 Å². The van der Waals surface area contributed by atoms with E-state index in [1.54, 1.807) is 78.9 Å². The van der Waals surface area contributed by atoms with Gasteiger partial charge in [-0.15, -0.1) is 11.8 Å². The smallest absolute Gasteiger partial charge is 0.272 e. The van der Waals surface area contributed by atoms with E-state index in [1.165, 1.54) is 36.0 Å². The summed E-state index contributed by atoms with van der Waals surface area (Å²) in [5, 5.41) is 8.30. The summed E-state index contributed by atoms with van der Waals surface area (Å²) in [5.74, 6) is -2.26. The monoisotopic (exact) mass is 713 g/mol. The molecule has 0 aliphatic rings. The van der Waals surface area contributed by atoms with Crippen LogP contribution in [-0.2, 0) is 9.59 Å². The van der Waals surface area contributed by atoms with Crippen molar-refractivity contribution in [2.75, 3.05) is 10.6 Å². The predicted molar refractivity (Wildman–Crippen MR) is 186 cm³/mol. The molecule has 0 aromatic heterocycles. The molecule has 3 amide bonds. The zero-order valence-electron chi connectivity index (χ0n) is 24.0. The van der Waals surface area contributed by atoms with Gasteiger partial charge < -0.3 is 16.0 Å². The molecule has 0 aliphatic heterocycles. The molecule has 1 unspecified atom stereocenters. The van der Waals surface area contributed by atoms with Gasteiger partial charge >= 0.3 is 0 Å². The van der Waals surface area contributed by atoms with Gasteiger partial charge in [0.05, 0.1) is 5.56 Å². The number of anilines is 2. The Morgan fingerprint density at radius 1 is 0.739 bits per heavy atom. The average Bonchev–Trinajstić information content (AvgIpc) is 3.06. The first kappa shape index (κ1) is 32.7. The van der Waals surface area contributed by atoms with E-state index < -0.39 is 22.9 Å². The molecular formula is C36H26BrClFN3O3S. The lowest BCUT2D eigenvalue weighted by molar-refractivity contribution is -0.116. The molecule has 46 heavy (non-hydrogen) atoms. The number of carbonyl (C=O) groups is 3. The molecule has 1 atom stereocenters. The average molecular weight is 715 g/mol. The number of hydrogen-bond acceptors (Lipinski definition) is 4. The number of nitrogens with one attached hydrogen (secondary N) is 3. The van der Waals surface area contributed by atoms with Crippen molar-refractivity contribution in [3.05, 3.63) is 165 Å². The Labute approximate surface area is 283 Å². The highest BCUT2D eigenvalue weighted by atomic mass is 79.9. The Hall–Kier alpha value is -4.70. The van der Waals surface area contributed by atoms with Crippen molar-refractivity contribution >= 4 is 74.5 Å². The number of hydrogen-bond donors (Lipinski definition) is 3. The number of halogens is 3. The van der Waals surface area contributed by atoms with Gasteiger partial charge in [0.2, 0.25) is 5.91 Å². The summed E-state index contributed by atoms with van der Waals surface area (Å²) in [6, 6.07) is 36.0. The largest absolute Gasteiger partial charge is 0.325 e. The summed E-state index contributed by atoms with van der Waals surface area (Å²) in [7, 11) is 0. The number of thioether (sulfide) groups is 1. The molecule has 0 saturated carbocycles. The van der Waals surface area contributed by atoms with Crippen molar-refractivity contribution in [3.63, 3.8) is 0 Å². The summed E-state index contributed by atoms with van der Waals surface area (Å²) in [6.45, 7) is 0. The molecule has 0 spiro atoms. The third-order valence-electron chi connectivity index (χ3n) is 6.61. The molecule has 0 aliphatic carbocycles. The molecule has 10 heteroatoms. The second-order valence-electron chi connectivity index (χ2n) is 9.93. The van der Waals surface area contributed by atoms with Gasteiger partial charge in [0.25, 0.3) is 11.8 Å². The van der Waals surface area contributed by atoms with E-state index in [1.807, 2.05) is 30.3 Å². The van der Waals surface area contributed by atoms with Crippen molar-refractivity contribution in [1.29, 1.82) is 0 Å². The maximum atomic E-state index is 14.3. The summed E-state index contributed by atoms with van der Waals surface area (Å²) < 4.78 is 15.2. The fourth-order valence-electron chi connectivity index (χ4n) is 4.31. The molecule has 0 heterocycles. The maximum absolute atomic E-state index is 14.3. The van der Waals surface area contributed by atoms with Crippen LogP contribution in [0.1, 0.15) is 26.7 Å². The number of rotatable bonds is 10. The molecule has 230 valence electrons. The first-order valence-corrected chi connectivity index (χ1v) is 16.0. The summed E-state index contributed by atoms with van der Waals surface area (Å²) in [6.07, 6.45) is 1.51. The van der Waals surface area contributed by atoms with E-state index in [9.17, 15) is 18.8 Å². The summed E-state index contributed by atoms with van der Waals surface area (Å²) in [5.41, 5.74) is 2.30. The van der Waals surface area contributed by atoms with Crippen molar-refractivity contribution < 1.29 is 18.8 Å². The van der Waals surface area contributed by atoms with E-state index in [-0.39, 0.29) is 17.2 Å². The minimum absolute atomic E-state index is 0.0722. The molecular weight excluding hydrogens is 689 g/mol. The highest BCUT2D eigenvalue weighted by Crippen LogP contribution is 2.37. The fraction of sp³-hybridized carbons (Fsp3) is 0.0278. The first-order valence-electron chi connectivity index (χ1n) is 14.0. The van der Waals surface area contributed by atoms with Crippen LogP contribution >= 0.6 is 39.3 Å². The van der Waals surface area contributed by atoms with Gasteiger partial charge in [-0.05, 0) is 90.0 Å². The van der Waals surface area contributed by atoms with Crippen LogP contribution in [0.15, 0.2) is 142 Å². The lowest BCUT2D eigenvalue weighted by Gasteiger charge is -2.17. The number of carbonyl (C=O) groups excluding carboxylic acids is 3. The molecule has 0 saturated heterocycles. The Morgan fingerprint density at radius 3 is 2.02 bits per heavy atom. The fourth-order valence-corrected chi connectivity index (χ4v) is 5.73. The standard InChI is InChI=1S/C36H26BrClFN3O3S/c37-25-12-10-23(11-13-25)22-32(42-34(43)30-8-4-5-9-31(30)39)35(44)40-28-18-20-29(21-19-28)46-33(24-6-2-1-3-7-24)36(45)41-27-16-14-26(38)15-17-27/h1-22,33H,(H,40,44)(H,41,45)(H,42,43). The molecule has 6 nitrogen and oxygen atoms in total. The van der Waals surface area contributed by atoms with Gasteiger partial charge in [-0.3, -0.25) is 14.4 Å². The van der Waals surface area contributed by atoms with Crippen LogP contribution in [0, 0.1) is 5.82 Å². The molecule has 5 aromatic carbocycles. The van der Waals surface area contributed by atoms with Crippen molar-refractivity contribution in [1.82, 2.24) is 5.32 Å². The zero-order valence-corrected chi connectivity index (χ0v) is 27.2. The quantitative estimate of drug-likeness (QED) is 0.0995. The Bertz CT molecular complexity index is 1870. The third kappa shape index (κ3) is 8.94. The highest BCUT2D eigenvalue weighted by Gasteiger charge is 2.23. The second kappa shape index (κ2) is 15.5. The lowest BCUT2D eigenvalue weighted by atomic mass is 10.1. The van der Waals surface area contributed by atoms with Crippen LogP contribution in [0.4, 0.5) is 15.8 Å². The third-order valence-corrected chi connectivity index (χ3v) is 8.66. The van der Waals surface area contributed by atoms with Crippen LogP contribution in [0.3, 0.4) is 0 Å². The molecule has 0 fully saturated rings. The van der Waals surface area contributed by atoms with E-state index in [0.717, 1.165) is 14.9 Å². The molecule has 0 bridgehead atoms. The normalized spacial score (nSPS) is 11.8. The zero-order chi connectivity index (χ0) is 32.5. The van der Waals surface area contributed by atoms with Gasteiger partial charge in [-0.2, -0.15) is 0 Å². The van der Waals surface area contributed by atoms with Crippen LogP contribution in [-0.4, -0.2) is 17.7 Å². The summed E-state index contributed by atoms with van der Waals surface area (Å²) >= 11 is 10.7. The van der Waals surface area contributed by atoms with Gasteiger partial charge in [0.15, 0.2) is 0 Å². The van der Waals surface area contributed by atoms with Gasteiger partial charge in [-0.1, -0.05) is 82.1 Å². The van der Waals surface area contributed by atoms with Gasteiger partial charge in [0, 0.05) is 25.8 Å². The van der Waals surface area contributed by atoms with Gasteiger partial charge in [-0.25, -0.2) is 4.39 Å². The minimum atomic E-state index is -0.757. The van der Waals surface area contributed by atoms with Crippen LogP contribution in [0.2, 0.25) is 5.02 Å². The molecule has 0 radical (unpaired) electrons. The minimum Gasteiger partial charge on any atom is -0.325 e. The molecule has 5 rings (SSSR count). The number of benzene rings is 5. The Kier molecular flexibility index (Phi) is 11.0. The first-order chi connectivity index (χ1) is 22.2. The Balaban J connectivity index is 1.33. The molecule has 3 N–H and O–H groups in total. The highest BCUT2D eigenvalue weighted by molar-refractivity contribution is 9.10. The van der Waals surface area contributed by atoms with Crippen molar-refractivity contribution in [2.24, 2.45) is 0 Å². The SMILES string of the molecule is O=C(Nc1ccc(SC(C(=O)Nc2ccc(Cl)cc2)c2ccccc2)cc1)C(=Cc1ccc(Br)cc1)NC(=O)c1ccccc1F. The van der Waals surface area contributed by atoms with E-state index in [2.05, 4.69) is 31.9 Å². The van der Waals surface area contributed by atoms with E-state index >= 15 is 0 Å². The second-order valence-corrected chi connectivity index (χ2v) is 12.5. The van der Waals surface area contributed by atoms with Crippen LogP contribution < -0.4 is 16.0 Å². The number of amides is 3. The van der Waals surface area contributed by atoms with Crippen molar-refractivity contribution in [3.8, 4) is 0 Å². The summed E-state index contributed by atoms with van der Waals surface area (Å²) in [4.78, 5) is 40.5. The van der Waals surface area contributed by atoms with Crippen LogP contribution in [0.25, 0.3) is 6.08 Å². The maximum Gasteiger partial charge on any atom is 0.272 e. The van der Waals surface area contributed by atoms with E-state index in [0.29, 0.717) is 22.0 Å². The molecule has 5 aromatic rings. The lowest BCUT2D eigenvalue weighted by Crippen LogP contribution is -2.31. The predicted octanol–water partition coefficient (Wildman–Crippen LogP) is 9.12. The Morgan fingerprint density at radius 2 is 1.35 bits per heavy atom.